The average molecular weight is 276 g/mol. The van der Waals surface area contributed by atoms with Gasteiger partial charge in [0.05, 0.1) is 10.7 Å². The third kappa shape index (κ3) is 3.78. The van der Waals surface area contributed by atoms with Crippen LogP contribution in [0.15, 0.2) is 29.6 Å². The summed E-state index contributed by atoms with van der Waals surface area (Å²) in [5.41, 5.74) is 7.76. The molecule has 0 fully saturated rings. The van der Waals surface area contributed by atoms with Crippen molar-refractivity contribution in [2.75, 3.05) is 6.54 Å². The van der Waals surface area contributed by atoms with Gasteiger partial charge in [0.15, 0.2) is 0 Å². The summed E-state index contributed by atoms with van der Waals surface area (Å²) in [6.07, 6.45) is 0.838. The molecule has 0 aliphatic carbocycles. The van der Waals surface area contributed by atoms with E-state index in [4.69, 9.17) is 10.5 Å². The van der Waals surface area contributed by atoms with Crippen molar-refractivity contribution in [2.24, 2.45) is 5.73 Å². The van der Waals surface area contributed by atoms with Gasteiger partial charge in [-0.1, -0.05) is 32.0 Å². The zero-order valence-electron chi connectivity index (χ0n) is 11.4. The van der Waals surface area contributed by atoms with Gasteiger partial charge in [-0.3, -0.25) is 0 Å². The number of thiazole rings is 1. The van der Waals surface area contributed by atoms with Crippen molar-refractivity contribution in [2.45, 2.75) is 32.8 Å². The summed E-state index contributed by atoms with van der Waals surface area (Å²) >= 11 is 1.70. The van der Waals surface area contributed by atoms with Gasteiger partial charge in [0.25, 0.3) is 0 Å². The first kappa shape index (κ1) is 14.0. The van der Waals surface area contributed by atoms with Crippen LogP contribution in [0.5, 0.6) is 5.75 Å². The average Bonchev–Trinajstić information content (AvgIpc) is 2.87. The van der Waals surface area contributed by atoms with E-state index in [-0.39, 0.29) is 0 Å². The first-order chi connectivity index (χ1) is 9.20. The second-order valence-electron chi connectivity index (χ2n) is 4.77. The number of para-hydroxylation sites is 1. The number of aromatic nitrogens is 1. The van der Waals surface area contributed by atoms with Crippen LogP contribution in [0.25, 0.3) is 0 Å². The van der Waals surface area contributed by atoms with Crippen molar-refractivity contribution < 1.29 is 4.74 Å². The molecule has 1 aromatic heterocycles. The molecule has 0 aliphatic rings. The molecule has 102 valence electrons. The molecular formula is C15H20N2OS. The minimum absolute atomic E-state index is 0.475. The smallest absolute Gasteiger partial charge is 0.131 e. The molecule has 0 radical (unpaired) electrons. The Morgan fingerprint density at radius 3 is 2.79 bits per heavy atom. The highest BCUT2D eigenvalue weighted by Gasteiger charge is 2.07. The van der Waals surface area contributed by atoms with E-state index in [1.165, 1.54) is 0 Å². The van der Waals surface area contributed by atoms with Crippen molar-refractivity contribution in [3.8, 4) is 5.75 Å². The minimum Gasteiger partial charge on any atom is -0.487 e. The molecule has 3 nitrogen and oxygen atoms in total. The number of hydrogen-bond donors (Lipinski definition) is 1. The van der Waals surface area contributed by atoms with Gasteiger partial charge in [0.2, 0.25) is 0 Å². The molecule has 2 aromatic rings. The monoisotopic (exact) mass is 276 g/mol. The van der Waals surface area contributed by atoms with Gasteiger partial charge in [0.1, 0.15) is 12.4 Å². The highest BCUT2D eigenvalue weighted by Crippen LogP contribution is 2.22. The van der Waals surface area contributed by atoms with E-state index >= 15 is 0 Å². The lowest BCUT2D eigenvalue weighted by molar-refractivity contribution is 0.298. The van der Waals surface area contributed by atoms with Crippen LogP contribution in [0, 0.1) is 0 Å². The number of hydrogen-bond acceptors (Lipinski definition) is 4. The van der Waals surface area contributed by atoms with E-state index in [1.54, 1.807) is 11.3 Å². The molecule has 0 aliphatic heterocycles. The maximum Gasteiger partial charge on any atom is 0.131 e. The Morgan fingerprint density at radius 1 is 1.32 bits per heavy atom. The molecule has 1 heterocycles. The fourth-order valence-electron chi connectivity index (χ4n) is 1.81. The van der Waals surface area contributed by atoms with Crippen LogP contribution in [-0.2, 0) is 13.0 Å². The summed E-state index contributed by atoms with van der Waals surface area (Å²) in [5.74, 6) is 1.38. The molecule has 0 bridgehead atoms. The number of nitrogens with zero attached hydrogens (tertiary/aromatic N) is 1. The van der Waals surface area contributed by atoms with Gasteiger partial charge >= 0.3 is 0 Å². The molecule has 0 saturated carbocycles. The van der Waals surface area contributed by atoms with E-state index in [0.717, 1.165) is 28.4 Å². The molecule has 2 rings (SSSR count). The summed E-state index contributed by atoms with van der Waals surface area (Å²) in [7, 11) is 0. The third-order valence-corrected chi connectivity index (χ3v) is 4.02. The first-order valence-electron chi connectivity index (χ1n) is 6.55. The lowest BCUT2D eigenvalue weighted by Crippen LogP contribution is -2.05. The first-order valence-corrected chi connectivity index (χ1v) is 7.43. The fourth-order valence-corrected chi connectivity index (χ4v) is 2.63. The summed E-state index contributed by atoms with van der Waals surface area (Å²) in [5, 5.41) is 3.23. The molecule has 0 spiro atoms. The Morgan fingerprint density at radius 2 is 2.11 bits per heavy atom. The second-order valence-corrected chi connectivity index (χ2v) is 5.66. The van der Waals surface area contributed by atoms with E-state index in [9.17, 15) is 0 Å². The molecule has 0 amide bonds. The Kier molecular flexibility index (Phi) is 4.93. The van der Waals surface area contributed by atoms with E-state index in [0.29, 0.717) is 19.1 Å². The van der Waals surface area contributed by atoms with Crippen LogP contribution in [0.1, 0.15) is 36.0 Å². The van der Waals surface area contributed by atoms with Crippen LogP contribution >= 0.6 is 11.3 Å². The number of nitrogens with two attached hydrogens (primary N) is 1. The maximum absolute atomic E-state index is 5.86. The molecule has 19 heavy (non-hydrogen) atoms. The van der Waals surface area contributed by atoms with Gasteiger partial charge in [-0.15, -0.1) is 11.3 Å². The van der Waals surface area contributed by atoms with Gasteiger partial charge in [-0.2, -0.15) is 0 Å². The Balaban J connectivity index is 2.01. The van der Waals surface area contributed by atoms with Gasteiger partial charge in [-0.25, -0.2) is 4.98 Å². The zero-order chi connectivity index (χ0) is 13.7. The largest absolute Gasteiger partial charge is 0.487 e. The SMILES string of the molecule is CC(C)c1nc(COc2ccccc2CCN)cs1. The van der Waals surface area contributed by atoms with E-state index in [2.05, 4.69) is 30.3 Å². The predicted octanol–water partition coefficient (Wildman–Crippen LogP) is 3.35. The molecule has 2 N–H and O–H groups in total. The van der Waals surface area contributed by atoms with Crippen LogP contribution in [0.3, 0.4) is 0 Å². The van der Waals surface area contributed by atoms with Gasteiger partial charge in [-0.05, 0) is 24.6 Å². The highest BCUT2D eigenvalue weighted by molar-refractivity contribution is 7.09. The molecular weight excluding hydrogens is 256 g/mol. The topological polar surface area (TPSA) is 48.1 Å². The molecule has 4 heteroatoms. The van der Waals surface area contributed by atoms with Crippen molar-refractivity contribution >= 4 is 11.3 Å². The van der Waals surface area contributed by atoms with Crippen LogP contribution in [0.4, 0.5) is 0 Å². The standard InChI is InChI=1S/C15H20N2OS/c1-11(2)15-17-13(10-19-15)9-18-14-6-4-3-5-12(14)7-8-16/h3-6,10-11H,7-9,16H2,1-2H3. The Labute approximate surface area is 118 Å². The quantitative estimate of drug-likeness (QED) is 0.880. The normalized spacial score (nSPS) is 10.9. The third-order valence-electron chi connectivity index (χ3n) is 2.83. The maximum atomic E-state index is 5.86. The van der Waals surface area contributed by atoms with Gasteiger partial charge < -0.3 is 10.5 Å². The summed E-state index contributed by atoms with van der Waals surface area (Å²) in [4.78, 5) is 4.57. The molecule has 0 saturated heterocycles. The number of benzene rings is 1. The number of ether oxygens (including phenoxy) is 1. The van der Waals surface area contributed by atoms with Crippen molar-refractivity contribution in [3.05, 3.63) is 45.9 Å². The number of rotatable bonds is 6. The molecule has 0 atom stereocenters. The fraction of sp³-hybridized carbons (Fsp3) is 0.400. The lowest BCUT2D eigenvalue weighted by Gasteiger charge is -2.09. The van der Waals surface area contributed by atoms with Crippen molar-refractivity contribution in [1.82, 2.24) is 4.98 Å². The van der Waals surface area contributed by atoms with Gasteiger partial charge in [0, 0.05) is 11.3 Å². The Bertz CT molecular complexity index is 522. The predicted molar refractivity (Wildman–Crippen MR) is 79.7 cm³/mol. The summed E-state index contributed by atoms with van der Waals surface area (Å²) in [6.45, 7) is 5.46. The van der Waals surface area contributed by atoms with Crippen LogP contribution in [-0.4, -0.2) is 11.5 Å². The highest BCUT2D eigenvalue weighted by atomic mass is 32.1. The molecule has 0 unspecified atom stereocenters. The summed E-state index contributed by atoms with van der Waals surface area (Å²) < 4.78 is 5.86. The van der Waals surface area contributed by atoms with Crippen molar-refractivity contribution in [1.29, 1.82) is 0 Å². The van der Waals surface area contributed by atoms with Crippen molar-refractivity contribution in [3.63, 3.8) is 0 Å². The van der Waals surface area contributed by atoms with Crippen LogP contribution in [0.2, 0.25) is 0 Å². The Hall–Kier alpha value is -1.39. The second kappa shape index (κ2) is 6.68. The van der Waals surface area contributed by atoms with Crippen LogP contribution < -0.4 is 10.5 Å². The zero-order valence-corrected chi connectivity index (χ0v) is 12.2. The minimum atomic E-state index is 0.475. The van der Waals surface area contributed by atoms with E-state index in [1.807, 2.05) is 18.2 Å². The molecule has 1 aromatic carbocycles. The summed E-state index contributed by atoms with van der Waals surface area (Å²) in [6, 6.07) is 8.04. The lowest BCUT2D eigenvalue weighted by atomic mass is 10.1. The van der Waals surface area contributed by atoms with E-state index < -0.39 is 0 Å².